The number of urea groups is 1. The van der Waals surface area contributed by atoms with Crippen LogP contribution in [0.2, 0.25) is 0 Å². The van der Waals surface area contributed by atoms with Gasteiger partial charge in [-0.3, -0.25) is 4.79 Å². The van der Waals surface area contributed by atoms with Crippen LogP contribution in [0.3, 0.4) is 0 Å². The first-order valence-electron chi connectivity index (χ1n) is 6.58. The first-order chi connectivity index (χ1) is 9.54. The van der Waals surface area contributed by atoms with Gasteiger partial charge < -0.3 is 19.8 Å². The minimum absolute atomic E-state index is 0.276. The third-order valence-corrected chi connectivity index (χ3v) is 2.97. The van der Waals surface area contributed by atoms with E-state index in [1.165, 1.54) is 4.90 Å². The highest BCUT2D eigenvalue weighted by atomic mass is 16.5. The number of carboxylic acid groups (broad SMARTS) is 1. The summed E-state index contributed by atoms with van der Waals surface area (Å²) >= 11 is 0. The van der Waals surface area contributed by atoms with Crippen LogP contribution in [0.15, 0.2) is 4.52 Å². The van der Waals surface area contributed by atoms with Gasteiger partial charge in [0.05, 0.1) is 0 Å². The Hall–Kier alpha value is -2.12. The van der Waals surface area contributed by atoms with Gasteiger partial charge in [0.15, 0.2) is 5.82 Å². The second kappa shape index (κ2) is 6.36. The molecular weight excluding hydrogens is 264 g/mol. The van der Waals surface area contributed by atoms with E-state index in [2.05, 4.69) is 15.5 Å². The zero-order valence-electron chi connectivity index (χ0n) is 11.3. The second-order valence-corrected chi connectivity index (χ2v) is 4.93. The van der Waals surface area contributed by atoms with E-state index in [1.807, 2.05) is 0 Å². The van der Waals surface area contributed by atoms with Crippen LogP contribution in [-0.2, 0) is 11.2 Å². The fourth-order valence-electron chi connectivity index (χ4n) is 1.82. The van der Waals surface area contributed by atoms with Crippen LogP contribution in [0.1, 0.15) is 24.6 Å². The minimum Gasteiger partial charge on any atom is -0.480 e. The fraction of sp³-hybridized carbons (Fsp3) is 0.667. The number of aliphatic carboxylic acids is 1. The molecule has 0 aromatic carbocycles. The van der Waals surface area contributed by atoms with Crippen LogP contribution in [-0.4, -0.2) is 51.8 Å². The van der Waals surface area contributed by atoms with Crippen molar-refractivity contribution < 1.29 is 19.2 Å². The van der Waals surface area contributed by atoms with Gasteiger partial charge in [-0.25, -0.2) is 4.79 Å². The molecule has 1 aliphatic rings. The van der Waals surface area contributed by atoms with Crippen molar-refractivity contribution in [1.29, 1.82) is 0 Å². The van der Waals surface area contributed by atoms with Crippen LogP contribution in [0.5, 0.6) is 0 Å². The molecule has 0 saturated heterocycles. The normalized spacial score (nSPS) is 14.1. The third kappa shape index (κ3) is 4.52. The van der Waals surface area contributed by atoms with Gasteiger partial charge in [-0.15, -0.1) is 0 Å². The van der Waals surface area contributed by atoms with Crippen molar-refractivity contribution in [2.24, 2.45) is 5.92 Å². The van der Waals surface area contributed by atoms with E-state index in [4.69, 9.17) is 9.63 Å². The lowest BCUT2D eigenvalue weighted by molar-refractivity contribution is -0.137. The summed E-state index contributed by atoms with van der Waals surface area (Å²) in [7, 11) is 0. The summed E-state index contributed by atoms with van der Waals surface area (Å²) in [5.74, 6) is 0.439. The quantitative estimate of drug-likeness (QED) is 0.750. The number of carboxylic acids is 1. The summed E-state index contributed by atoms with van der Waals surface area (Å²) in [6.45, 7) is 2.27. The van der Waals surface area contributed by atoms with Crippen LogP contribution < -0.4 is 5.32 Å². The maximum atomic E-state index is 11.9. The molecule has 2 amide bonds. The van der Waals surface area contributed by atoms with Gasteiger partial charge in [-0.05, 0) is 25.7 Å². The van der Waals surface area contributed by atoms with Crippen molar-refractivity contribution >= 4 is 12.0 Å². The van der Waals surface area contributed by atoms with Crippen LogP contribution in [0.25, 0.3) is 0 Å². The maximum absolute atomic E-state index is 11.9. The van der Waals surface area contributed by atoms with Gasteiger partial charge in [0.2, 0.25) is 5.89 Å². The molecule has 0 radical (unpaired) electrons. The minimum atomic E-state index is -1.01. The summed E-state index contributed by atoms with van der Waals surface area (Å²) < 4.78 is 4.93. The second-order valence-electron chi connectivity index (χ2n) is 4.93. The Bertz CT molecular complexity index is 484. The van der Waals surface area contributed by atoms with Crippen molar-refractivity contribution in [3.8, 4) is 0 Å². The third-order valence-electron chi connectivity index (χ3n) is 2.97. The van der Waals surface area contributed by atoms with Crippen molar-refractivity contribution in [2.75, 3.05) is 19.6 Å². The topological polar surface area (TPSA) is 109 Å². The molecule has 2 rings (SSSR count). The van der Waals surface area contributed by atoms with Gasteiger partial charge in [-0.1, -0.05) is 5.16 Å². The lowest BCUT2D eigenvalue weighted by atomic mass is 10.3. The Labute approximate surface area is 116 Å². The number of carbonyl (C=O) groups is 2. The van der Waals surface area contributed by atoms with Crippen LogP contribution in [0, 0.1) is 12.8 Å². The first kappa shape index (κ1) is 14.3. The maximum Gasteiger partial charge on any atom is 0.323 e. The van der Waals surface area contributed by atoms with E-state index in [-0.39, 0.29) is 12.6 Å². The molecule has 0 unspecified atom stereocenters. The van der Waals surface area contributed by atoms with E-state index in [0.29, 0.717) is 37.1 Å². The van der Waals surface area contributed by atoms with Gasteiger partial charge in [0.25, 0.3) is 0 Å². The summed E-state index contributed by atoms with van der Waals surface area (Å²) in [5.41, 5.74) is 0. The largest absolute Gasteiger partial charge is 0.480 e. The van der Waals surface area contributed by atoms with E-state index >= 15 is 0 Å². The summed E-state index contributed by atoms with van der Waals surface area (Å²) in [4.78, 5) is 28.0. The highest BCUT2D eigenvalue weighted by Crippen LogP contribution is 2.29. The van der Waals surface area contributed by atoms with E-state index in [0.717, 1.165) is 12.8 Å². The highest BCUT2D eigenvalue weighted by molar-refractivity contribution is 5.80. The molecule has 0 spiro atoms. The van der Waals surface area contributed by atoms with E-state index in [1.54, 1.807) is 6.92 Å². The molecule has 20 heavy (non-hydrogen) atoms. The number of carbonyl (C=O) groups excluding carboxylic acids is 1. The van der Waals surface area contributed by atoms with Crippen molar-refractivity contribution in [3.63, 3.8) is 0 Å². The number of aryl methyl sites for hydroxylation is 1. The Morgan fingerprint density at radius 1 is 1.50 bits per heavy atom. The SMILES string of the molecule is Cc1noc(CCNC(=O)N(CC(=O)O)CC2CC2)n1. The number of hydrogen-bond acceptors (Lipinski definition) is 5. The van der Waals surface area contributed by atoms with Crippen LogP contribution >= 0.6 is 0 Å². The number of nitrogens with one attached hydrogen (secondary N) is 1. The summed E-state index contributed by atoms with van der Waals surface area (Å²) in [6.07, 6.45) is 2.55. The average Bonchev–Trinajstić information content (AvgIpc) is 3.09. The molecule has 1 aromatic heterocycles. The molecule has 1 fully saturated rings. The lowest BCUT2D eigenvalue weighted by Gasteiger charge is -2.20. The molecule has 8 heteroatoms. The fourth-order valence-corrected chi connectivity index (χ4v) is 1.82. The summed E-state index contributed by atoms with van der Waals surface area (Å²) in [5, 5.41) is 15.1. The number of amides is 2. The lowest BCUT2D eigenvalue weighted by Crippen LogP contribution is -2.44. The Balaban J connectivity index is 1.76. The number of rotatable bonds is 7. The predicted molar refractivity (Wildman–Crippen MR) is 68.1 cm³/mol. The molecule has 1 saturated carbocycles. The Morgan fingerprint density at radius 3 is 2.80 bits per heavy atom. The van der Waals surface area contributed by atoms with Crippen molar-refractivity contribution in [1.82, 2.24) is 20.4 Å². The molecule has 8 nitrogen and oxygen atoms in total. The smallest absolute Gasteiger partial charge is 0.323 e. The number of hydrogen-bond donors (Lipinski definition) is 2. The first-order valence-corrected chi connectivity index (χ1v) is 6.58. The summed E-state index contributed by atoms with van der Waals surface area (Å²) in [6, 6.07) is -0.365. The zero-order chi connectivity index (χ0) is 14.5. The average molecular weight is 282 g/mol. The van der Waals surface area contributed by atoms with Gasteiger partial charge in [-0.2, -0.15) is 4.98 Å². The molecule has 1 aliphatic carbocycles. The van der Waals surface area contributed by atoms with Crippen LogP contribution in [0.4, 0.5) is 4.79 Å². The standard InChI is InChI=1S/C12H18N4O4/c1-8-14-10(20-15-8)4-5-13-12(19)16(7-11(17)18)6-9-2-3-9/h9H,2-7H2,1H3,(H,13,19)(H,17,18). The molecule has 110 valence electrons. The molecule has 0 atom stereocenters. The number of nitrogens with zero attached hydrogens (tertiary/aromatic N) is 3. The molecule has 1 heterocycles. The monoisotopic (exact) mass is 282 g/mol. The van der Waals surface area contributed by atoms with Gasteiger partial charge in [0.1, 0.15) is 6.54 Å². The van der Waals surface area contributed by atoms with E-state index < -0.39 is 5.97 Å². The molecule has 1 aromatic rings. The van der Waals surface area contributed by atoms with Gasteiger partial charge in [0, 0.05) is 19.5 Å². The van der Waals surface area contributed by atoms with Crippen molar-refractivity contribution in [2.45, 2.75) is 26.2 Å². The predicted octanol–water partition coefficient (Wildman–Crippen LogP) is 0.427. The molecule has 0 aliphatic heterocycles. The zero-order valence-corrected chi connectivity index (χ0v) is 11.3. The molecule has 2 N–H and O–H groups in total. The van der Waals surface area contributed by atoms with Gasteiger partial charge >= 0.3 is 12.0 Å². The Morgan fingerprint density at radius 2 is 2.25 bits per heavy atom. The highest BCUT2D eigenvalue weighted by Gasteiger charge is 2.27. The number of aromatic nitrogens is 2. The molecule has 0 bridgehead atoms. The molecular formula is C12H18N4O4. The van der Waals surface area contributed by atoms with Crippen molar-refractivity contribution in [3.05, 3.63) is 11.7 Å². The van der Waals surface area contributed by atoms with E-state index in [9.17, 15) is 9.59 Å². The Kier molecular flexibility index (Phi) is 4.54.